The van der Waals surface area contributed by atoms with Crippen molar-refractivity contribution in [3.63, 3.8) is 0 Å². The van der Waals surface area contributed by atoms with E-state index in [0.717, 1.165) is 37.6 Å². The molecule has 90 valence electrons. The smallest absolute Gasteiger partial charge is 0.226 e. The van der Waals surface area contributed by atoms with Crippen molar-refractivity contribution in [1.29, 1.82) is 0 Å². The largest absolute Gasteiger partial charge is 0.339 e. The van der Waals surface area contributed by atoms with Gasteiger partial charge in [-0.25, -0.2) is 0 Å². The standard InChI is InChI=1S/C12H21N3O/c1-3-9(2)12-14-11(16-15-12)8-10-4-6-13-7-5-10/h9-10,13H,3-8H2,1-2H3. The van der Waals surface area contributed by atoms with Crippen LogP contribution in [0.1, 0.15) is 50.7 Å². The molecule has 4 heteroatoms. The molecule has 1 saturated heterocycles. The Hall–Kier alpha value is -0.900. The summed E-state index contributed by atoms with van der Waals surface area (Å²) in [6.07, 6.45) is 4.46. The van der Waals surface area contributed by atoms with E-state index in [-0.39, 0.29) is 0 Å². The Balaban J connectivity index is 1.91. The highest BCUT2D eigenvalue weighted by molar-refractivity contribution is 4.94. The maximum Gasteiger partial charge on any atom is 0.226 e. The molecule has 1 aliphatic heterocycles. The molecule has 2 heterocycles. The van der Waals surface area contributed by atoms with Crippen LogP contribution in [0.5, 0.6) is 0 Å². The Morgan fingerprint density at radius 3 is 2.88 bits per heavy atom. The van der Waals surface area contributed by atoms with Crippen LogP contribution in [0.15, 0.2) is 4.52 Å². The summed E-state index contributed by atoms with van der Waals surface area (Å²) in [4.78, 5) is 4.48. The van der Waals surface area contributed by atoms with Crippen molar-refractivity contribution < 1.29 is 4.52 Å². The molecule has 0 bridgehead atoms. The molecule has 2 rings (SSSR count). The van der Waals surface area contributed by atoms with Crippen LogP contribution in [-0.2, 0) is 6.42 Å². The fraction of sp³-hybridized carbons (Fsp3) is 0.833. The van der Waals surface area contributed by atoms with E-state index in [1.165, 1.54) is 12.8 Å². The predicted octanol–water partition coefficient (Wildman–Crippen LogP) is 2.13. The average molecular weight is 223 g/mol. The lowest BCUT2D eigenvalue weighted by molar-refractivity contribution is 0.311. The summed E-state index contributed by atoms with van der Waals surface area (Å²) in [5.74, 6) is 2.81. The Labute approximate surface area is 96.8 Å². The van der Waals surface area contributed by atoms with E-state index in [1.54, 1.807) is 0 Å². The summed E-state index contributed by atoms with van der Waals surface area (Å²) in [5.41, 5.74) is 0. The molecule has 4 nitrogen and oxygen atoms in total. The predicted molar refractivity (Wildman–Crippen MR) is 62.3 cm³/mol. The third-order valence-electron chi connectivity index (χ3n) is 3.46. The second-order valence-corrected chi connectivity index (χ2v) is 4.75. The van der Waals surface area contributed by atoms with Crippen molar-refractivity contribution in [3.8, 4) is 0 Å². The number of hydrogen-bond acceptors (Lipinski definition) is 4. The number of rotatable bonds is 4. The lowest BCUT2D eigenvalue weighted by Crippen LogP contribution is -2.28. The summed E-state index contributed by atoms with van der Waals surface area (Å²) >= 11 is 0. The summed E-state index contributed by atoms with van der Waals surface area (Å²) < 4.78 is 5.31. The van der Waals surface area contributed by atoms with Gasteiger partial charge in [-0.1, -0.05) is 19.0 Å². The van der Waals surface area contributed by atoms with Crippen LogP contribution < -0.4 is 5.32 Å². The second-order valence-electron chi connectivity index (χ2n) is 4.75. The van der Waals surface area contributed by atoms with E-state index >= 15 is 0 Å². The van der Waals surface area contributed by atoms with Crippen LogP contribution in [0.3, 0.4) is 0 Å². The van der Waals surface area contributed by atoms with E-state index < -0.39 is 0 Å². The van der Waals surface area contributed by atoms with Crippen molar-refractivity contribution in [2.75, 3.05) is 13.1 Å². The third kappa shape index (κ3) is 2.82. The molecule has 1 aromatic heterocycles. The van der Waals surface area contributed by atoms with E-state index in [2.05, 4.69) is 29.3 Å². The van der Waals surface area contributed by atoms with Crippen molar-refractivity contribution in [2.45, 2.75) is 45.4 Å². The lowest BCUT2D eigenvalue weighted by atomic mass is 9.95. The van der Waals surface area contributed by atoms with Gasteiger partial charge in [0.25, 0.3) is 0 Å². The van der Waals surface area contributed by atoms with Crippen molar-refractivity contribution >= 4 is 0 Å². The zero-order valence-electron chi connectivity index (χ0n) is 10.2. The normalized spacial score (nSPS) is 19.9. The molecule has 0 spiro atoms. The van der Waals surface area contributed by atoms with Crippen molar-refractivity contribution in [3.05, 3.63) is 11.7 Å². The zero-order chi connectivity index (χ0) is 11.4. The molecule has 1 atom stereocenters. The first-order valence-electron chi connectivity index (χ1n) is 6.32. The van der Waals surface area contributed by atoms with Gasteiger partial charge in [-0.2, -0.15) is 4.98 Å². The number of nitrogens with one attached hydrogen (secondary N) is 1. The minimum absolute atomic E-state index is 0.408. The fourth-order valence-corrected chi connectivity index (χ4v) is 2.07. The molecular weight excluding hydrogens is 202 g/mol. The molecule has 0 amide bonds. The SMILES string of the molecule is CCC(C)c1noc(CC2CCNCC2)n1. The minimum atomic E-state index is 0.408. The fourth-order valence-electron chi connectivity index (χ4n) is 2.07. The molecule has 16 heavy (non-hydrogen) atoms. The van der Waals surface area contributed by atoms with Crippen molar-refractivity contribution in [1.82, 2.24) is 15.5 Å². The van der Waals surface area contributed by atoms with Crippen molar-refractivity contribution in [2.24, 2.45) is 5.92 Å². The van der Waals surface area contributed by atoms with Crippen LogP contribution in [-0.4, -0.2) is 23.2 Å². The van der Waals surface area contributed by atoms with Crippen LogP contribution in [0.2, 0.25) is 0 Å². The van der Waals surface area contributed by atoms with Crippen LogP contribution >= 0.6 is 0 Å². The zero-order valence-corrected chi connectivity index (χ0v) is 10.2. The Kier molecular flexibility index (Phi) is 3.93. The average Bonchev–Trinajstić information content (AvgIpc) is 2.78. The van der Waals surface area contributed by atoms with Gasteiger partial charge in [0.15, 0.2) is 5.82 Å². The molecular formula is C12H21N3O. The summed E-state index contributed by atoms with van der Waals surface area (Å²) in [6.45, 7) is 6.53. The topological polar surface area (TPSA) is 51.0 Å². The molecule has 1 aliphatic rings. The van der Waals surface area contributed by atoms with Gasteiger partial charge >= 0.3 is 0 Å². The van der Waals surface area contributed by atoms with Gasteiger partial charge in [-0.3, -0.25) is 0 Å². The lowest BCUT2D eigenvalue weighted by Gasteiger charge is -2.20. The van der Waals surface area contributed by atoms with Gasteiger partial charge in [0.05, 0.1) is 0 Å². The molecule has 0 aromatic carbocycles. The number of aromatic nitrogens is 2. The highest BCUT2D eigenvalue weighted by Gasteiger charge is 2.18. The van der Waals surface area contributed by atoms with E-state index in [0.29, 0.717) is 11.8 Å². The van der Waals surface area contributed by atoms with Crippen LogP contribution in [0, 0.1) is 5.92 Å². The van der Waals surface area contributed by atoms with Crippen LogP contribution in [0.4, 0.5) is 0 Å². The highest BCUT2D eigenvalue weighted by atomic mass is 16.5. The monoisotopic (exact) mass is 223 g/mol. The van der Waals surface area contributed by atoms with Gasteiger partial charge < -0.3 is 9.84 Å². The Morgan fingerprint density at radius 2 is 2.19 bits per heavy atom. The van der Waals surface area contributed by atoms with Gasteiger partial charge in [-0.05, 0) is 38.3 Å². The maximum absolute atomic E-state index is 5.31. The summed E-state index contributed by atoms with van der Waals surface area (Å²) in [5, 5.41) is 7.42. The quantitative estimate of drug-likeness (QED) is 0.849. The molecule has 0 aliphatic carbocycles. The number of hydrogen-bond donors (Lipinski definition) is 1. The van der Waals surface area contributed by atoms with Gasteiger partial charge in [-0.15, -0.1) is 0 Å². The van der Waals surface area contributed by atoms with Crippen LogP contribution in [0.25, 0.3) is 0 Å². The second kappa shape index (κ2) is 5.43. The van der Waals surface area contributed by atoms with Gasteiger partial charge in [0.2, 0.25) is 5.89 Å². The minimum Gasteiger partial charge on any atom is -0.339 e. The molecule has 1 aromatic rings. The molecule has 0 saturated carbocycles. The molecule has 1 fully saturated rings. The first kappa shape index (κ1) is 11.6. The summed E-state index contributed by atoms with van der Waals surface area (Å²) in [6, 6.07) is 0. The summed E-state index contributed by atoms with van der Waals surface area (Å²) in [7, 11) is 0. The third-order valence-corrected chi connectivity index (χ3v) is 3.46. The molecule has 1 unspecified atom stereocenters. The van der Waals surface area contributed by atoms with Gasteiger partial charge in [0.1, 0.15) is 0 Å². The highest BCUT2D eigenvalue weighted by Crippen LogP contribution is 2.19. The first-order valence-corrected chi connectivity index (χ1v) is 6.32. The number of nitrogens with zero attached hydrogens (tertiary/aromatic N) is 2. The first-order chi connectivity index (χ1) is 7.79. The molecule has 0 radical (unpaired) electrons. The number of piperidine rings is 1. The maximum atomic E-state index is 5.31. The van der Waals surface area contributed by atoms with Gasteiger partial charge in [0, 0.05) is 12.3 Å². The Bertz CT molecular complexity index is 318. The van der Waals surface area contributed by atoms with E-state index in [9.17, 15) is 0 Å². The molecule has 1 N–H and O–H groups in total. The van der Waals surface area contributed by atoms with E-state index in [4.69, 9.17) is 4.52 Å². The Morgan fingerprint density at radius 1 is 1.44 bits per heavy atom. The van der Waals surface area contributed by atoms with E-state index in [1.807, 2.05) is 0 Å².